The molecule has 0 aromatic rings. The monoisotopic (exact) mass is 169 g/mol. The first-order valence-corrected chi connectivity index (χ1v) is 5.29. The third-order valence-corrected chi connectivity index (χ3v) is 2.81. The van der Waals surface area contributed by atoms with Gasteiger partial charge in [-0.05, 0) is 45.1 Å². The third kappa shape index (κ3) is 3.57. The predicted molar refractivity (Wildman–Crippen MR) is 54.3 cm³/mol. The van der Waals surface area contributed by atoms with E-state index >= 15 is 0 Å². The van der Waals surface area contributed by atoms with E-state index in [1.54, 1.807) is 0 Å². The maximum Gasteiger partial charge on any atom is 0.00664 e. The van der Waals surface area contributed by atoms with E-state index in [1.807, 2.05) is 0 Å². The maximum atomic E-state index is 2.53. The molecule has 0 saturated heterocycles. The summed E-state index contributed by atoms with van der Waals surface area (Å²) in [4.78, 5) is 2.53. The van der Waals surface area contributed by atoms with Crippen LogP contribution in [0.4, 0.5) is 0 Å². The van der Waals surface area contributed by atoms with Gasteiger partial charge in [0.25, 0.3) is 0 Å². The molecule has 0 bridgehead atoms. The van der Waals surface area contributed by atoms with Crippen molar-refractivity contribution in [1.82, 2.24) is 4.90 Å². The zero-order chi connectivity index (χ0) is 9.14. The average Bonchev–Trinajstić information content (AvgIpc) is 2.70. The summed E-state index contributed by atoms with van der Waals surface area (Å²) in [5.41, 5.74) is 0. The Labute approximate surface area is 77.1 Å². The Morgan fingerprint density at radius 3 is 2.25 bits per heavy atom. The van der Waals surface area contributed by atoms with Gasteiger partial charge in [-0.25, -0.2) is 0 Å². The zero-order valence-corrected chi connectivity index (χ0v) is 9.01. The summed E-state index contributed by atoms with van der Waals surface area (Å²) in [6.07, 6.45) is 4.28. The van der Waals surface area contributed by atoms with Gasteiger partial charge < -0.3 is 4.90 Å². The highest BCUT2D eigenvalue weighted by atomic mass is 15.1. The molecule has 0 aliphatic heterocycles. The molecule has 1 aliphatic carbocycles. The molecule has 1 saturated carbocycles. The van der Waals surface area contributed by atoms with Gasteiger partial charge in [0.1, 0.15) is 0 Å². The van der Waals surface area contributed by atoms with Crippen LogP contribution in [-0.2, 0) is 0 Å². The molecule has 0 radical (unpaired) electrons. The molecule has 0 N–H and O–H groups in total. The third-order valence-electron chi connectivity index (χ3n) is 2.81. The Hall–Kier alpha value is -0.0400. The van der Waals surface area contributed by atoms with Crippen molar-refractivity contribution in [1.29, 1.82) is 0 Å². The van der Waals surface area contributed by atoms with Gasteiger partial charge in [0, 0.05) is 12.6 Å². The lowest BCUT2D eigenvalue weighted by Crippen LogP contribution is -2.31. The Morgan fingerprint density at radius 2 is 1.83 bits per heavy atom. The Kier molecular flexibility index (Phi) is 3.57. The minimum Gasteiger partial charge on any atom is -0.303 e. The molecule has 1 fully saturated rings. The largest absolute Gasteiger partial charge is 0.303 e. The second-order valence-electron chi connectivity index (χ2n) is 4.86. The summed E-state index contributed by atoms with van der Waals surface area (Å²) < 4.78 is 0. The summed E-state index contributed by atoms with van der Waals surface area (Å²) >= 11 is 0. The van der Waals surface area contributed by atoms with E-state index in [4.69, 9.17) is 0 Å². The van der Waals surface area contributed by atoms with E-state index in [0.29, 0.717) is 0 Å². The van der Waals surface area contributed by atoms with Crippen molar-refractivity contribution in [2.45, 2.75) is 46.1 Å². The first kappa shape index (κ1) is 10.0. The fourth-order valence-corrected chi connectivity index (χ4v) is 1.75. The Balaban J connectivity index is 2.14. The van der Waals surface area contributed by atoms with Gasteiger partial charge in [-0.2, -0.15) is 0 Å². The second-order valence-corrected chi connectivity index (χ2v) is 4.86. The Morgan fingerprint density at radius 1 is 1.25 bits per heavy atom. The van der Waals surface area contributed by atoms with Crippen molar-refractivity contribution in [2.24, 2.45) is 11.8 Å². The normalized spacial score (nSPS) is 20.5. The molecule has 1 unspecified atom stereocenters. The molecule has 1 heteroatoms. The van der Waals surface area contributed by atoms with E-state index < -0.39 is 0 Å². The number of hydrogen-bond donors (Lipinski definition) is 0. The smallest absolute Gasteiger partial charge is 0.00664 e. The fraction of sp³-hybridized carbons (Fsp3) is 1.00. The van der Waals surface area contributed by atoms with E-state index in [2.05, 4.69) is 32.7 Å². The summed E-state index contributed by atoms with van der Waals surface area (Å²) in [7, 11) is 2.27. The second kappa shape index (κ2) is 4.27. The lowest BCUT2D eigenvalue weighted by atomic mass is 10.0. The van der Waals surface area contributed by atoms with Crippen molar-refractivity contribution in [3.05, 3.63) is 0 Å². The van der Waals surface area contributed by atoms with Crippen molar-refractivity contribution in [3.8, 4) is 0 Å². The van der Waals surface area contributed by atoms with Crippen LogP contribution in [0.15, 0.2) is 0 Å². The summed E-state index contributed by atoms with van der Waals surface area (Å²) in [6, 6.07) is 0.769. The van der Waals surface area contributed by atoms with Gasteiger partial charge >= 0.3 is 0 Å². The van der Waals surface area contributed by atoms with Gasteiger partial charge in [0.2, 0.25) is 0 Å². The molecule has 0 aromatic carbocycles. The van der Waals surface area contributed by atoms with Crippen LogP contribution < -0.4 is 0 Å². The molecular weight excluding hydrogens is 146 g/mol. The van der Waals surface area contributed by atoms with Crippen molar-refractivity contribution >= 4 is 0 Å². The molecule has 0 heterocycles. The van der Waals surface area contributed by atoms with Crippen molar-refractivity contribution < 1.29 is 0 Å². The van der Waals surface area contributed by atoms with E-state index in [-0.39, 0.29) is 0 Å². The van der Waals surface area contributed by atoms with Crippen LogP contribution >= 0.6 is 0 Å². The molecule has 72 valence electrons. The van der Waals surface area contributed by atoms with Gasteiger partial charge in [0.05, 0.1) is 0 Å². The van der Waals surface area contributed by atoms with E-state index in [9.17, 15) is 0 Å². The summed E-state index contributed by atoms with van der Waals surface area (Å²) in [5, 5.41) is 0. The highest BCUT2D eigenvalue weighted by Gasteiger charge is 2.24. The maximum absolute atomic E-state index is 2.53. The quantitative estimate of drug-likeness (QED) is 0.611. The minimum atomic E-state index is 0.769. The summed E-state index contributed by atoms with van der Waals surface area (Å²) in [5.74, 6) is 1.87. The molecule has 1 atom stereocenters. The van der Waals surface area contributed by atoms with Crippen LogP contribution in [0.5, 0.6) is 0 Å². The van der Waals surface area contributed by atoms with E-state index in [1.165, 1.54) is 25.8 Å². The number of rotatable bonds is 5. The van der Waals surface area contributed by atoms with Gasteiger partial charge in [-0.15, -0.1) is 0 Å². The van der Waals surface area contributed by atoms with Crippen LogP contribution in [0.2, 0.25) is 0 Å². The molecule has 12 heavy (non-hydrogen) atoms. The Bertz CT molecular complexity index is 119. The highest BCUT2D eigenvalue weighted by molar-refractivity contribution is 4.78. The average molecular weight is 169 g/mol. The first-order chi connectivity index (χ1) is 5.59. The number of nitrogens with zero attached hydrogens (tertiary/aromatic N) is 1. The van der Waals surface area contributed by atoms with Crippen LogP contribution in [0.25, 0.3) is 0 Å². The molecule has 0 spiro atoms. The van der Waals surface area contributed by atoms with Crippen molar-refractivity contribution in [3.63, 3.8) is 0 Å². The van der Waals surface area contributed by atoms with Crippen molar-refractivity contribution in [2.75, 3.05) is 13.6 Å². The van der Waals surface area contributed by atoms with Crippen LogP contribution in [-0.4, -0.2) is 24.5 Å². The van der Waals surface area contributed by atoms with Crippen LogP contribution in [0.1, 0.15) is 40.0 Å². The lowest BCUT2D eigenvalue weighted by Gasteiger charge is -2.25. The standard InChI is InChI=1S/C11H23N/c1-9(2)7-10(3)12(4)8-11-5-6-11/h9-11H,5-8H2,1-4H3. The number of hydrogen-bond acceptors (Lipinski definition) is 1. The first-order valence-electron chi connectivity index (χ1n) is 5.29. The lowest BCUT2D eigenvalue weighted by molar-refractivity contribution is 0.220. The van der Waals surface area contributed by atoms with Gasteiger partial charge in [-0.1, -0.05) is 13.8 Å². The van der Waals surface area contributed by atoms with Crippen LogP contribution in [0.3, 0.4) is 0 Å². The molecule has 1 nitrogen and oxygen atoms in total. The SMILES string of the molecule is CC(C)CC(C)N(C)CC1CC1. The minimum absolute atomic E-state index is 0.769. The molecule has 1 rings (SSSR count). The predicted octanol–water partition coefficient (Wildman–Crippen LogP) is 2.76. The molecule has 0 amide bonds. The topological polar surface area (TPSA) is 3.24 Å². The molecular formula is C11H23N. The van der Waals surface area contributed by atoms with E-state index in [0.717, 1.165) is 17.9 Å². The summed E-state index contributed by atoms with van der Waals surface area (Å²) in [6.45, 7) is 8.29. The molecule has 1 aliphatic rings. The fourth-order valence-electron chi connectivity index (χ4n) is 1.75. The van der Waals surface area contributed by atoms with Gasteiger partial charge in [0.15, 0.2) is 0 Å². The molecule has 0 aromatic heterocycles. The highest BCUT2D eigenvalue weighted by Crippen LogP contribution is 2.30. The van der Waals surface area contributed by atoms with Crippen LogP contribution in [0, 0.1) is 11.8 Å². The zero-order valence-electron chi connectivity index (χ0n) is 9.01. The van der Waals surface area contributed by atoms with Gasteiger partial charge in [-0.3, -0.25) is 0 Å².